The highest BCUT2D eigenvalue weighted by Gasteiger charge is 2.16. The van der Waals surface area contributed by atoms with Gasteiger partial charge in [0.2, 0.25) is 0 Å². The number of anilines is 1. The number of fused-ring (bicyclic) bond motifs is 1. The third-order valence-electron chi connectivity index (χ3n) is 3.57. The molecule has 0 aliphatic rings. The molecule has 4 N–H and O–H groups in total. The van der Waals surface area contributed by atoms with E-state index < -0.39 is 7.60 Å². The maximum Gasteiger partial charge on any atom is 0.356 e. The van der Waals surface area contributed by atoms with E-state index in [1.54, 1.807) is 18.3 Å². The van der Waals surface area contributed by atoms with Gasteiger partial charge >= 0.3 is 7.60 Å². The van der Waals surface area contributed by atoms with Crippen LogP contribution in [0.15, 0.2) is 30.5 Å². The minimum atomic E-state index is -4.21. The van der Waals surface area contributed by atoms with Gasteiger partial charge in [-0.15, -0.1) is 0 Å². The van der Waals surface area contributed by atoms with Crippen LogP contribution in [0.3, 0.4) is 0 Å². The predicted molar refractivity (Wildman–Crippen MR) is 91.2 cm³/mol. The summed E-state index contributed by atoms with van der Waals surface area (Å²) in [5, 5.41) is 10.1. The van der Waals surface area contributed by atoms with Crippen molar-refractivity contribution in [3.05, 3.63) is 41.9 Å². The number of rotatable bonds is 5. The van der Waals surface area contributed by atoms with Crippen molar-refractivity contribution in [2.75, 3.05) is 5.32 Å². The Kier molecular flexibility index (Phi) is 4.36. The van der Waals surface area contributed by atoms with Gasteiger partial charge < -0.3 is 15.1 Å². The Morgan fingerprint density at radius 3 is 2.54 bits per heavy atom. The fraction of sp³-hybridized carbons (Fsp3) is 0.267. The average molecular weight is 347 g/mol. The quantitative estimate of drug-likeness (QED) is 0.520. The van der Waals surface area contributed by atoms with Gasteiger partial charge in [0.25, 0.3) is 0 Å². The molecular weight excluding hydrogens is 329 g/mol. The minimum Gasteiger partial charge on any atom is -0.364 e. The molecule has 0 bridgehead atoms. The Balaban J connectivity index is 1.83. The van der Waals surface area contributed by atoms with Crippen molar-refractivity contribution in [2.45, 2.75) is 26.3 Å². The number of hydrogen-bond acceptors (Lipinski definition) is 5. The van der Waals surface area contributed by atoms with E-state index in [1.807, 2.05) is 13.8 Å². The number of nitrogens with one attached hydrogen (secondary N) is 2. The highest BCUT2D eigenvalue weighted by Crippen LogP contribution is 2.32. The normalized spacial score (nSPS) is 12.0. The summed E-state index contributed by atoms with van der Waals surface area (Å²) >= 11 is 0. The van der Waals surface area contributed by atoms with E-state index in [2.05, 4.69) is 25.5 Å². The van der Waals surface area contributed by atoms with Crippen LogP contribution in [0.4, 0.5) is 5.82 Å². The lowest BCUT2D eigenvalue weighted by atomic mass is 10.2. The van der Waals surface area contributed by atoms with Gasteiger partial charge in [0.1, 0.15) is 16.9 Å². The van der Waals surface area contributed by atoms with Crippen molar-refractivity contribution < 1.29 is 14.4 Å². The van der Waals surface area contributed by atoms with E-state index in [-0.39, 0.29) is 11.2 Å². The molecule has 3 aromatic rings. The second kappa shape index (κ2) is 6.32. The van der Waals surface area contributed by atoms with Gasteiger partial charge in [-0.2, -0.15) is 5.10 Å². The van der Waals surface area contributed by atoms with Crippen molar-refractivity contribution in [1.29, 1.82) is 0 Å². The highest BCUT2D eigenvalue weighted by molar-refractivity contribution is 7.60. The molecule has 0 spiro atoms. The van der Waals surface area contributed by atoms with Crippen LogP contribution in [0, 0.1) is 0 Å². The Bertz CT molecular complexity index is 901. The lowest BCUT2D eigenvalue weighted by Gasteiger charge is -2.11. The van der Waals surface area contributed by atoms with Gasteiger partial charge in [-0.1, -0.05) is 26.0 Å². The number of H-pyrrole nitrogens is 1. The first-order chi connectivity index (χ1) is 11.3. The summed E-state index contributed by atoms with van der Waals surface area (Å²) in [7, 11) is -4.21. The molecule has 0 saturated carbocycles. The zero-order valence-corrected chi connectivity index (χ0v) is 14.2. The number of aromatic amines is 1. The Labute approximate surface area is 138 Å². The molecule has 0 radical (unpaired) electrons. The molecule has 9 heteroatoms. The largest absolute Gasteiger partial charge is 0.364 e. The summed E-state index contributed by atoms with van der Waals surface area (Å²) < 4.78 is 11.2. The molecule has 3 rings (SSSR count). The van der Waals surface area contributed by atoms with Gasteiger partial charge in [-0.3, -0.25) is 9.66 Å². The predicted octanol–water partition coefficient (Wildman–Crippen LogP) is 1.89. The summed E-state index contributed by atoms with van der Waals surface area (Å²) in [6.45, 7) is 4.50. The smallest absolute Gasteiger partial charge is 0.356 e. The van der Waals surface area contributed by atoms with Crippen LogP contribution in [-0.4, -0.2) is 30.0 Å². The minimum absolute atomic E-state index is 0.00587. The summed E-state index contributed by atoms with van der Waals surface area (Å²) in [6, 6.07) is 6.22. The summed E-state index contributed by atoms with van der Waals surface area (Å²) in [6.07, 6.45) is 1.66. The van der Waals surface area contributed by atoms with Gasteiger partial charge in [-0.05, 0) is 17.7 Å². The van der Waals surface area contributed by atoms with E-state index in [0.29, 0.717) is 12.4 Å². The molecule has 0 atom stereocenters. The third-order valence-corrected chi connectivity index (χ3v) is 4.54. The molecule has 24 heavy (non-hydrogen) atoms. The highest BCUT2D eigenvalue weighted by atomic mass is 31.2. The van der Waals surface area contributed by atoms with E-state index in [4.69, 9.17) is 9.79 Å². The Morgan fingerprint density at radius 2 is 1.92 bits per heavy atom. The van der Waals surface area contributed by atoms with Crippen molar-refractivity contribution in [1.82, 2.24) is 20.2 Å². The first-order valence-electron chi connectivity index (χ1n) is 7.44. The molecule has 2 heterocycles. The molecule has 8 nitrogen and oxygen atoms in total. The van der Waals surface area contributed by atoms with Crippen LogP contribution >= 0.6 is 7.60 Å². The van der Waals surface area contributed by atoms with Gasteiger partial charge in [0.15, 0.2) is 5.82 Å². The second-order valence-electron chi connectivity index (χ2n) is 5.78. The van der Waals surface area contributed by atoms with Crippen LogP contribution in [-0.2, 0) is 11.1 Å². The van der Waals surface area contributed by atoms with Crippen molar-refractivity contribution in [3.63, 3.8) is 0 Å². The monoisotopic (exact) mass is 347 g/mol. The molecule has 126 valence electrons. The van der Waals surface area contributed by atoms with Gasteiger partial charge in [0.05, 0.1) is 11.5 Å². The molecule has 1 aromatic carbocycles. The lowest BCUT2D eigenvalue weighted by molar-refractivity contribution is 0.387. The summed E-state index contributed by atoms with van der Waals surface area (Å²) in [5.41, 5.74) is 2.35. The number of aromatic nitrogens is 4. The molecule has 0 aliphatic heterocycles. The Morgan fingerprint density at radius 1 is 1.21 bits per heavy atom. The maximum absolute atomic E-state index is 11.2. The fourth-order valence-corrected chi connectivity index (χ4v) is 2.78. The molecule has 0 fully saturated rings. The SMILES string of the molecule is CC(C)c1nc(NCc2ccc(P(=O)(O)O)cc2)c2[nH]ncc2n1. The zero-order chi connectivity index (χ0) is 17.3. The maximum atomic E-state index is 11.2. The summed E-state index contributed by atoms with van der Waals surface area (Å²) in [5.74, 6) is 1.57. The van der Waals surface area contributed by atoms with E-state index in [0.717, 1.165) is 22.4 Å². The van der Waals surface area contributed by atoms with Gasteiger partial charge in [0, 0.05) is 12.5 Å². The van der Waals surface area contributed by atoms with Crippen LogP contribution in [0.25, 0.3) is 11.0 Å². The zero-order valence-electron chi connectivity index (χ0n) is 13.3. The number of hydrogen-bond donors (Lipinski definition) is 4. The molecule has 0 amide bonds. The fourth-order valence-electron chi connectivity index (χ4n) is 2.24. The number of nitrogens with zero attached hydrogens (tertiary/aromatic N) is 3. The summed E-state index contributed by atoms with van der Waals surface area (Å²) in [4.78, 5) is 27.2. The van der Waals surface area contributed by atoms with Crippen LogP contribution in [0.2, 0.25) is 0 Å². The molecule has 2 aromatic heterocycles. The standard InChI is InChI=1S/C15H18N5O3P/c1-9(2)14-18-12-8-17-20-13(12)15(19-14)16-7-10-3-5-11(6-4-10)24(21,22)23/h3-6,8-9H,7H2,1-2H3,(H,17,20)(H,16,18,19)(H2,21,22,23). The van der Waals surface area contributed by atoms with Crippen molar-refractivity contribution >= 4 is 29.8 Å². The van der Waals surface area contributed by atoms with Crippen molar-refractivity contribution in [3.8, 4) is 0 Å². The number of benzene rings is 1. The van der Waals surface area contributed by atoms with Crippen molar-refractivity contribution in [2.24, 2.45) is 0 Å². The molecule has 0 aliphatic carbocycles. The molecular formula is C15H18N5O3P. The van der Waals surface area contributed by atoms with E-state index in [9.17, 15) is 4.57 Å². The Hall–Kier alpha value is -2.28. The molecule has 0 saturated heterocycles. The van der Waals surface area contributed by atoms with E-state index >= 15 is 0 Å². The van der Waals surface area contributed by atoms with Gasteiger partial charge in [-0.25, -0.2) is 9.97 Å². The first kappa shape index (κ1) is 16.6. The molecule has 0 unspecified atom stereocenters. The van der Waals surface area contributed by atoms with Crippen LogP contribution < -0.4 is 10.6 Å². The van der Waals surface area contributed by atoms with Crippen LogP contribution in [0.5, 0.6) is 0 Å². The first-order valence-corrected chi connectivity index (χ1v) is 9.06. The lowest BCUT2D eigenvalue weighted by Crippen LogP contribution is -2.08. The average Bonchev–Trinajstić information content (AvgIpc) is 3.00. The van der Waals surface area contributed by atoms with Crippen LogP contribution in [0.1, 0.15) is 31.2 Å². The second-order valence-corrected chi connectivity index (χ2v) is 7.38. The third kappa shape index (κ3) is 3.46. The van der Waals surface area contributed by atoms with E-state index in [1.165, 1.54) is 12.1 Å². The topological polar surface area (TPSA) is 124 Å².